The minimum atomic E-state index is -0.838. The molecule has 0 aliphatic rings. The van der Waals surface area contributed by atoms with E-state index in [0.717, 1.165) is 5.69 Å². The van der Waals surface area contributed by atoms with Crippen LogP contribution >= 0.6 is 12.4 Å². The molecule has 0 radical (unpaired) electrons. The Kier molecular flexibility index (Phi) is 4.94. The van der Waals surface area contributed by atoms with E-state index in [1.165, 1.54) is 0 Å². The topological polar surface area (TPSA) is 66.1 Å². The van der Waals surface area contributed by atoms with E-state index in [4.69, 9.17) is 10.5 Å². The molecule has 0 bridgehead atoms. The van der Waals surface area contributed by atoms with Gasteiger partial charge in [0, 0.05) is 12.2 Å². The van der Waals surface area contributed by atoms with Gasteiger partial charge in [0.05, 0.1) is 6.42 Å². The van der Waals surface area contributed by atoms with Crippen molar-refractivity contribution >= 4 is 18.4 Å². The van der Waals surface area contributed by atoms with E-state index in [1.54, 1.807) is 16.7 Å². The molecular formula is C9H13ClN2O2. The second-order valence-electron chi connectivity index (χ2n) is 2.85. The Labute approximate surface area is 88.1 Å². The molecule has 0 amide bonds. The summed E-state index contributed by atoms with van der Waals surface area (Å²) < 4.78 is 1.67. The number of halogens is 1. The number of hydrogen-bond donors (Lipinski definition) is 2. The Balaban J connectivity index is 0.00000169. The molecule has 0 saturated carbocycles. The average Bonchev–Trinajstić information content (AvgIpc) is 2.03. The van der Waals surface area contributed by atoms with Gasteiger partial charge < -0.3 is 9.67 Å². The van der Waals surface area contributed by atoms with Crippen LogP contribution in [0.5, 0.6) is 0 Å². The predicted octanol–water partition coefficient (Wildman–Crippen LogP) is 1.17. The summed E-state index contributed by atoms with van der Waals surface area (Å²) in [6, 6.07) is 5.30. The molecule has 0 aliphatic carbocycles. The molecule has 2 N–H and O–H groups in total. The first kappa shape index (κ1) is 12.7. The minimum Gasteiger partial charge on any atom is -0.481 e. The van der Waals surface area contributed by atoms with Crippen molar-refractivity contribution in [3.63, 3.8) is 0 Å². The van der Waals surface area contributed by atoms with Crippen molar-refractivity contribution in [2.75, 3.05) is 0 Å². The number of rotatable bonds is 3. The maximum Gasteiger partial charge on any atom is 0.305 e. The minimum absolute atomic E-state index is 0. The SMILES string of the molecule is Cc1cccc(=N)n1CCC(=O)O.Cl. The molecule has 1 aromatic heterocycles. The number of carbonyl (C=O) groups is 1. The summed E-state index contributed by atoms with van der Waals surface area (Å²) in [5, 5.41) is 16.0. The van der Waals surface area contributed by atoms with Crippen LogP contribution in [-0.4, -0.2) is 15.6 Å². The van der Waals surface area contributed by atoms with E-state index in [-0.39, 0.29) is 18.8 Å². The fourth-order valence-corrected chi connectivity index (χ4v) is 1.15. The van der Waals surface area contributed by atoms with Crippen molar-refractivity contribution in [1.82, 2.24) is 4.57 Å². The van der Waals surface area contributed by atoms with Gasteiger partial charge in [-0.15, -0.1) is 12.4 Å². The summed E-state index contributed by atoms with van der Waals surface area (Å²) in [5.74, 6) is -0.838. The highest BCUT2D eigenvalue weighted by Gasteiger charge is 2.00. The second-order valence-corrected chi connectivity index (χ2v) is 2.85. The van der Waals surface area contributed by atoms with Gasteiger partial charge in [0.25, 0.3) is 0 Å². The predicted molar refractivity (Wildman–Crippen MR) is 54.5 cm³/mol. The fourth-order valence-electron chi connectivity index (χ4n) is 1.15. The monoisotopic (exact) mass is 216 g/mol. The summed E-state index contributed by atoms with van der Waals surface area (Å²) in [7, 11) is 0. The zero-order chi connectivity index (χ0) is 9.84. The number of aryl methyl sites for hydroxylation is 1. The lowest BCUT2D eigenvalue weighted by atomic mass is 10.3. The molecule has 0 aliphatic heterocycles. The van der Waals surface area contributed by atoms with Gasteiger partial charge in [0.15, 0.2) is 0 Å². The van der Waals surface area contributed by atoms with Crippen LogP contribution in [0, 0.1) is 12.3 Å². The van der Waals surface area contributed by atoms with Crippen LogP contribution in [0.25, 0.3) is 0 Å². The summed E-state index contributed by atoms with van der Waals surface area (Å²) in [5.41, 5.74) is 1.26. The summed E-state index contributed by atoms with van der Waals surface area (Å²) in [6.07, 6.45) is 0.0569. The lowest BCUT2D eigenvalue weighted by Gasteiger charge is -2.08. The molecule has 4 nitrogen and oxygen atoms in total. The van der Waals surface area contributed by atoms with Crippen LogP contribution in [0.1, 0.15) is 12.1 Å². The van der Waals surface area contributed by atoms with E-state index in [9.17, 15) is 4.79 Å². The van der Waals surface area contributed by atoms with Crippen LogP contribution < -0.4 is 5.49 Å². The molecule has 78 valence electrons. The standard InChI is InChI=1S/C9H12N2O2.ClH/c1-7-3-2-4-8(10)11(7)6-5-9(12)13;/h2-4,10H,5-6H2,1H3,(H,12,13);1H. The number of carboxylic acid groups (broad SMARTS) is 1. The third-order valence-electron chi connectivity index (χ3n) is 1.86. The molecule has 0 fully saturated rings. The molecule has 0 spiro atoms. The molecule has 0 unspecified atom stereocenters. The Morgan fingerprint density at radius 1 is 1.57 bits per heavy atom. The highest BCUT2D eigenvalue weighted by Crippen LogP contribution is 1.95. The van der Waals surface area contributed by atoms with Crippen molar-refractivity contribution < 1.29 is 9.90 Å². The Morgan fingerprint density at radius 3 is 2.71 bits per heavy atom. The molecule has 0 aromatic carbocycles. The quantitative estimate of drug-likeness (QED) is 0.797. The van der Waals surface area contributed by atoms with Crippen molar-refractivity contribution in [1.29, 1.82) is 5.41 Å². The summed E-state index contributed by atoms with van der Waals surface area (Å²) in [4.78, 5) is 10.3. The molecule has 1 heterocycles. The lowest BCUT2D eigenvalue weighted by molar-refractivity contribution is -0.137. The summed E-state index contributed by atoms with van der Waals surface area (Å²) >= 11 is 0. The maximum atomic E-state index is 10.3. The maximum absolute atomic E-state index is 10.3. The molecular weight excluding hydrogens is 204 g/mol. The average molecular weight is 217 g/mol. The van der Waals surface area contributed by atoms with E-state index >= 15 is 0 Å². The molecule has 0 atom stereocenters. The van der Waals surface area contributed by atoms with Crippen LogP contribution in [0.4, 0.5) is 0 Å². The Bertz CT molecular complexity index is 373. The van der Waals surface area contributed by atoms with Crippen molar-refractivity contribution in [3.05, 3.63) is 29.4 Å². The van der Waals surface area contributed by atoms with Crippen LogP contribution in [0.15, 0.2) is 18.2 Å². The van der Waals surface area contributed by atoms with E-state index in [0.29, 0.717) is 12.0 Å². The van der Waals surface area contributed by atoms with Gasteiger partial charge in [0.2, 0.25) is 0 Å². The highest BCUT2D eigenvalue weighted by molar-refractivity contribution is 5.85. The zero-order valence-electron chi connectivity index (χ0n) is 7.86. The Hall–Kier alpha value is -1.29. The first-order chi connectivity index (χ1) is 6.11. The fraction of sp³-hybridized carbons (Fsp3) is 0.333. The molecule has 5 heteroatoms. The summed E-state index contributed by atoms with van der Waals surface area (Å²) in [6.45, 7) is 2.22. The normalized spacial score (nSPS) is 9.21. The number of aliphatic carboxylic acids is 1. The smallest absolute Gasteiger partial charge is 0.305 e. The van der Waals surface area contributed by atoms with Crippen molar-refractivity contribution in [2.45, 2.75) is 19.9 Å². The van der Waals surface area contributed by atoms with Gasteiger partial charge in [-0.1, -0.05) is 6.07 Å². The van der Waals surface area contributed by atoms with Crippen LogP contribution in [0.2, 0.25) is 0 Å². The number of nitrogens with zero attached hydrogens (tertiary/aromatic N) is 1. The number of aromatic nitrogens is 1. The van der Waals surface area contributed by atoms with Gasteiger partial charge >= 0.3 is 5.97 Å². The molecule has 1 rings (SSSR count). The largest absolute Gasteiger partial charge is 0.481 e. The van der Waals surface area contributed by atoms with Crippen LogP contribution in [-0.2, 0) is 11.3 Å². The number of carboxylic acids is 1. The van der Waals surface area contributed by atoms with Crippen molar-refractivity contribution in [2.24, 2.45) is 0 Å². The second kappa shape index (κ2) is 5.44. The van der Waals surface area contributed by atoms with Gasteiger partial charge in [0.1, 0.15) is 5.49 Å². The lowest BCUT2D eigenvalue weighted by Crippen LogP contribution is -2.22. The van der Waals surface area contributed by atoms with E-state index < -0.39 is 5.97 Å². The van der Waals surface area contributed by atoms with Crippen LogP contribution in [0.3, 0.4) is 0 Å². The molecule has 1 aromatic rings. The third kappa shape index (κ3) is 3.22. The highest BCUT2D eigenvalue weighted by atomic mass is 35.5. The first-order valence-electron chi connectivity index (χ1n) is 4.04. The van der Waals surface area contributed by atoms with E-state index in [2.05, 4.69) is 0 Å². The van der Waals surface area contributed by atoms with Gasteiger partial charge in [-0.2, -0.15) is 0 Å². The first-order valence-corrected chi connectivity index (χ1v) is 4.04. The number of pyridine rings is 1. The molecule has 14 heavy (non-hydrogen) atoms. The van der Waals surface area contributed by atoms with Gasteiger partial charge in [-0.25, -0.2) is 0 Å². The number of nitrogens with one attached hydrogen (secondary N) is 1. The number of hydrogen-bond acceptors (Lipinski definition) is 2. The van der Waals surface area contributed by atoms with Gasteiger partial charge in [-0.3, -0.25) is 10.2 Å². The Morgan fingerprint density at radius 2 is 2.21 bits per heavy atom. The van der Waals surface area contributed by atoms with Gasteiger partial charge in [-0.05, 0) is 19.1 Å². The van der Waals surface area contributed by atoms with Crippen molar-refractivity contribution in [3.8, 4) is 0 Å². The third-order valence-corrected chi connectivity index (χ3v) is 1.86. The molecule has 0 saturated heterocycles. The van der Waals surface area contributed by atoms with E-state index in [1.807, 2.05) is 13.0 Å². The zero-order valence-corrected chi connectivity index (χ0v) is 8.67.